The first-order valence-corrected chi connectivity index (χ1v) is 14.4. The zero-order valence-electron chi connectivity index (χ0n) is 24.1. The molecule has 4 heterocycles. The van der Waals surface area contributed by atoms with Gasteiger partial charge in [0.05, 0.1) is 34.1 Å². The van der Waals surface area contributed by atoms with Crippen LogP contribution in [0.2, 0.25) is 5.02 Å². The Labute approximate surface area is 260 Å². The highest BCUT2D eigenvalue weighted by Gasteiger charge is 2.41. The standard InChI is InChI=1S/C28H29ClF3N9O4/c1-38-21(19-15-41(8-6-33)37-22(19)28(30,31)32)14-35-23(38)24(42)36-17-3-4-18(20(29)13-17)25(43)39-9-11-40(12-10-39)26(44)27(45)5-2-7-34-16-27/h3-4,13-15,34,45H,2,5,7-12,16H2,1H3,(H,36,42). The number of benzene rings is 1. The van der Waals surface area contributed by atoms with Crippen LogP contribution in [-0.4, -0.2) is 96.8 Å². The summed E-state index contributed by atoms with van der Waals surface area (Å²) in [6.07, 6.45) is -1.57. The maximum atomic E-state index is 13.6. The Kier molecular flexibility index (Phi) is 8.88. The van der Waals surface area contributed by atoms with Gasteiger partial charge < -0.3 is 30.1 Å². The van der Waals surface area contributed by atoms with E-state index < -0.39 is 29.9 Å². The zero-order chi connectivity index (χ0) is 32.5. The minimum Gasteiger partial charge on any atom is -0.379 e. The summed E-state index contributed by atoms with van der Waals surface area (Å²) in [5.41, 5.74) is -2.65. The van der Waals surface area contributed by atoms with E-state index >= 15 is 0 Å². The minimum absolute atomic E-state index is 0.0398. The Morgan fingerprint density at radius 3 is 2.53 bits per heavy atom. The molecule has 238 valence electrons. The number of β-amino-alcohol motifs (C(OH)–C–C–N with tert-alkyl or cyclic N) is 1. The predicted octanol–water partition coefficient (Wildman–Crippen LogP) is 2.13. The van der Waals surface area contributed by atoms with Crippen LogP contribution in [0.5, 0.6) is 0 Å². The number of hydrogen-bond acceptors (Lipinski definition) is 8. The van der Waals surface area contributed by atoms with Crippen molar-refractivity contribution in [1.29, 1.82) is 5.26 Å². The summed E-state index contributed by atoms with van der Waals surface area (Å²) in [7, 11) is 1.37. The molecular weight excluding hydrogens is 619 g/mol. The first-order valence-electron chi connectivity index (χ1n) is 14.0. The van der Waals surface area contributed by atoms with E-state index in [2.05, 4.69) is 20.7 Å². The number of nitrogens with zero attached hydrogens (tertiary/aromatic N) is 7. The number of rotatable bonds is 6. The van der Waals surface area contributed by atoms with Crippen LogP contribution in [0.1, 0.15) is 39.5 Å². The van der Waals surface area contributed by atoms with Crippen molar-refractivity contribution >= 4 is 35.0 Å². The van der Waals surface area contributed by atoms with Crippen LogP contribution in [0.15, 0.2) is 30.6 Å². The number of carbonyl (C=O) groups excluding carboxylic acids is 3. The Hall–Kier alpha value is -4.46. The largest absolute Gasteiger partial charge is 0.435 e. The lowest BCUT2D eigenvalue weighted by molar-refractivity contribution is -0.154. The number of aromatic nitrogens is 4. The van der Waals surface area contributed by atoms with Gasteiger partial charge in [-0.1, -0.05) is 11.6 Å². The van der Waals surface area contributed by atoms with Gasteiger partial charge in [0.1, 0.15) is 6.54 Å². The van der Waals surface area contributed by atoms with Gasteiger partial charge in [-0.25, -0.2) is 4.98 Å². The van der Waals surface area contributed by atoms with Crippen LogP contribution in [0.25, 0.3) is 11.3 Å². The van der Waals surface area contributed by atoms with E-state index in [0.717, 1.165) is 23.6 Å². The number of carbonyl (C=O) groups is 3. The van der Waals surface area contributed by atoms with Gasteiger partial charge in [-0.15, -0.1) is 0 Å². The van der Waals surface area contributed by atoms with Gasteiger partial charge >= 0.3 is 6.18 Å². The van der Waals surface area contributed by atoms with Gasteiger partial charge in [0.15, 0.2) is 17.1 Å². The number of nitriles is 1. The summed E-state index contributed by atoms with van der Waals surface area (Å²) in [6, 6.07) is 6.00. The first-order chi connectivity index (χ1) is 21.3. The molecule has 3 aromatic rings. The normalized spacial score (nSPS) is 18.9. The van der Waals surface area contributed by atoms with Crippen molar-refractivity contribution in [2.45, 2.75) is 31.2 Å². The second kappa shape index (κ2) is 12.5. The number of piperazine rings is 1. The lowest BCUT2D eigenvalue weighted by atomic mass is 9.92. The monoisotopic (exact) mass is 647 g/mol. The highest BCUT2D eigenvalue weighted by atomic mass is 35.5. The van der Waals surface area contributed by atoms with E-state index in [0.29, 0.717) is 12.8 Å². The number of halogens is 4. The lowest BCUT2D eigenvalue weighted by Crippen LogP contribution is -2.60. The van der Waals surface area contributed by atoms with Crippen molar-refractivity contribution in [2.75, 3.05) is 44.6 Å². The third-order valence-electron chi connectivity index (χ3n) is 7.80. The minimum atomic E-state index is -4.81. The van der Waals surface area contributed by atoms with Gasteiger partial charge in [-0.3, -0.25) is 19.1 Å². The molecule has 2 aliphatic rings. The maximum Gasteiger partial charge on any atom is 0.435 e. The van der Waals surface area contributed by atoms with Crippen LogP contribution in [0, 0.1) is 11.3 Å². The number of aliphatic hydroxyl groups is 1. The highest BCUT2D eigenvalue weighted by molar-refractivity contribution is 6.34. The Morgan fingerprint density at radius 1 is 1.20 bits per heavy atom. The van der Waals surface area contributed by atoms with Crippen molar-refractivity contribution in [3.05, 3.63) is 52.7 Å². The molecule has 5 rings (SSSR count). The molecule has 0 spiro atoms. The maximum absolute atomic E-state index is 13.6. The average Bonchev–Trinajstić information content (AvgIpc) is 3.60. The van der Waals surface area contributed by atoms with Crippen LogP contribution in [-0.2, 0) is 24.6 Å². The lowest BCUT2D eigenvalue weighted by Gasteiger charge is -2.40. The number of anilines is 1. The van der Waals surface area contributed by atoms with E-state index in [9.17, 15) is 32.7 Å². The highest BCUT2D eigenvalue weighted by Crippen LogP contribution is 2.36. The molecule has 0 bridgehead atoms. The third-order valence-corrected chi connectivity index (χ3v) is 8.11. The number of nitrogens with one attached hydrogen (secondary N) is 2. The quantitative estimate of drug-likeness (QED) is 0.367. The summed E-state index contributed by atoms with van der Waals surface area (Å²) in [6.45, 7) is 1.55. The molecule has 17 heteroatoms. The summed E-state index contributed by atoms with van der Waals surface area (Å²) in [5, 5.41) is 28.7. The van der Waals surface area contributed by atoms with E-state index in [4.69, 9.17) is 16.9 Å². The molecule has 2 aliphatic heterocycles. The number of piperidine rings is 1. The second-order valence-electron chi connectivity index (χ2n) is 10.8. The fourth-order valence-electron chi connectivity index (χ4n) is 5.44. The van der Waals surface area contributed by atoms with Gasteiger partial charge in [0.25, 0.3) is 17.7 Å². The molecule has 0 radical (unpaired) electrons. The van der Waals surface area contributed by atoms with Crippen LogP contribution < -0.4 is 10.6 Å². The summed E-state index contributed by atoms with van der Waals surface area (Å²) >= 11 is 6.41. The SMILES string of the molecule is Cn1c(-c2cn(CC#N)nc2C(F)(F)F)cnc1C(=O)Nc1ccc(C(=O)N2CCN(C(=O)C3(O)CCCNC3)CC2)c(Cl)c1. The first kappa shape index (κ1) is 31.9. The van der Waals surface area contributed by atoms with Crippen molar-refractivity contribution in [2.24, 2.45) is 7.05 Å². The van der Waals surface area contributed by atoms with Crippen molar-refractivity contribution in [1.82, 2.24) is 34.4 Å². The number of alkyl halides is 3. The fraction of sp³-hybridized carbons (Fsp3) is 0.429. The summed E-state index contributed by atoms with van der Waals surface area (Å²) in [5.74, 6) is -1.67. The molecule has 1 atom stereocenters. The van der Waals surface area contributed by atoms with Crippen LogP contribution in [0.3, 0.4) is 0 Å². The fourth-order valence-corrected chi connectivity index (χ4v) is 5.71. The van der Waals surface area contributed by atoms with Gasteiger partial charge in [-0.2, -0.15) is 23.5 Å². The Bertz CT molecular complexity index is 1670. The molecule has 1 unspecified atom stereocenters. The van der Waals surface area contributed by atoms with Gasteiger partial charge in [-0.05, 0) is 37.6 Å². The van der Waals surface area contributed by atoms with Crippen molar-refractivity contribution in [3.8, 4) is 17.3 Å². The zero-order valence-corrected chi connectivity index (χ0v) is 24.8. The van der Waals surface area contributed by atoms with E-state index in [-0.39, 0.29) is 77.9 Å². The smallest absolute Gasteiger partial charge is 0.379 e. The van der Waals surface area contributed by atoms with Gasteiger partial charge in [0, 0.05) is 51.7 Å². The topological polar surface area (TPSA) is 161 Å². The molecule has 45 heavy (non-hydrogen) atoms. The molecule has 3 amide bonds. The molecular formula is C28H29ClF3N9O4. The molecule has 13 nitrogen and oxygen atoms in total. The van der Waals surface area contributed by atoms with Crippen molar-refractivity contribution < 1.29 is 32.7 Å². The Morgan fingerprint density at radius 2 is 1.91 bits per heavy atom. The number of hydrogen-bond donors (Lipinski definition) is 3. The Balaban J connectivity index is 1.24. The number of imidazole rings is 1. The van der Waals surface area contributed by atoms with Crippen LogP contribution >= 0.6 is 11.6 Å². The molecule has 2 fully saturated rings. The molecule has 1 aromatic carbocycles. The van der Waals surface area contributed by atoms with Crippen molar-refractivity contribution in [3.63, 3.8) is 0 Å². The van der Waals surface area contributed by atoms with Gasteiger partial charge in [0.2, 0.25) is 0 Å². The van der Waals surface area contributed by atoms with E-state index in [1.807, 2.05) is 0 Å². The molecule has 0 saturated carbocycles. The molecule has 0 aliphatic carbocycles. The van der Waals surface area contributed by atoms with E-state index in [1.54, 1.807) is 15.9 Å². The molecule has 2 aromatic heterocycles. The summed E-state index contributed by atoms with van der Waals surface area (Å²) in [4.78, 5) is 46.2. The molecule has 3 N–H and O–H groups in total. The third kappa shape index (κ3) is 6.51. The molecule has 2 saturated heterocycles. The number of amides is 3. The van der Waals surface area contributed by atoms with E-state index in [1.165, 1.54) is 29.8 Å². The predicted molar refractivity (Wildman–Crippen MR) is 154 cm³/mol. The second-order valence-corrected chi connectivity index (χ2v) is 11.2. The van der Waals surface area contributed by atoms with Crippen LogP contribution in [0.4, 0.5) is 18.9 Å². The average molecular weight is 648 g/mol. The summed E-state index contributed by atoms with van der Waals surface area (Å²) < 4.78 is 42.9.